The third kappa shape index (κ3) is 2.92. The molecule has 0 bridgehead atoms. The topological polar surface area (TPSA) is 15.8 Å². The van der Waals surface area contributed by atoms with E-state index in [1.807, 2.05) is 45.2 Å². The maximum Gasteiger partial charge on any atom is 0.0545 e. The predicted octanol–water partition coefficient (Wildman–Crippen LogP) is 6.42. The highest BCUT2D eigenvalue weighted by Gasteiger charge is 2.13. The molecule has 20 heavy (non-hydrogen) atoms. The number of rotatable bonds is 3. The zero-order chi connectivity index (χ0) is 14.9. The molecule has 0 saturated carbocycles. The Morgan fingerprint density at radius 1 is 1.25 bits per heavy atom. The summed E-state index contributed by atoms with van der Waals surface area (Å²) in [6, 6.07) is 6.16. The van der Waals surface area contributed by atoms with Gasteiger partial charge in [-0.25, -0.2) is 0 Å². The van der Waals surface area contributed by atoms with Crippen LogP contribution in [0.1, 0.15) is 26.3 Å². The lowest BCUT2D eigenvalue weighted by molar-refractivity contribution is 1.38. The number of hydrogen-bond donors (Lipinski definition) is 1. The van der Waals surface area contributed by atoms with E-state index < -0.39 is 0 Å². The predicted molar refractivity (Wildman–Crippen MR) is 93.0 cm³/mol. The van der Waals surface area contributed by atoms with E-state index in [-0.39, 0.29) is 0 Å². The van der Waals surface area contributed by atoms with Crippen molar-refractivity contribution in [2.45, 2.75) is 20.8 Å². The van der Waals surface area contributed by atoms with E-state index >= 15 is 0 Å². The largest absolute Gasteiger partial charge is 0.361 e. The molecule has 104 valence electrons. The Balaban J connectivity index is 2.78. The molecule has 2 rings (SSSR count). The first kappa shape index (κ1) is 15.1. The molecule has 0 spiro atoms. The Hall–Kier alpha value is -1.25. The summed E-state index contributed by atoms with van der Waals surface area (Å²) in [5, 5.41) is 1.86. The van der Waals surface area contributed by atoms with Crippen LogP contribution in [0, 0.1) is 0 Å². The van der Waals surface area contributed by atoms with Gasteiger partial charge in [0.05, 0.1) is 5.52 Å². The van der Waals surface area contributed by atoms with Crippen molar-refractivity contribution in [2.24, 2.45) is 0 Å². The van der Waals surface area contributed by atoms with E-state index in [1.54, 1.807) is 0 Å². The lowest BCUT2D eigenvalue weighted by atomic mass is 9.97. The summed E-state index contributed by atoms with van der Waals surface area (Å²) in [5.41, 5.74) is 5.23. The van der Waals surface area contributed by atoms with Crippen LogP contribution in [-0.2, 0) is 0 Å². The van der Waals surface area contributed by atoms with Crippen LogP contribution in [-0.4, -0.2) is 4.98 Å². The van der Waals surface area contributed by atoms with Gasteiger partial charge < -0.3 is 4.98 Å². The van der Waals surface area contributed by atoms with Crippen molar-refractivity contribution >= 4 is 44.0 Å². The molecule has 0 saturated heterocycles. The monoisotopic (exact) mass is 349 g/mol. The molecule has 0 aliphatic carbocycles. The van der Waals surface area contributed by atoms with Crippen LogP contribution in [0.5, 0.6) is 0 Å². The standard InChI is InChI=1S/C17H17BrClN/c1-10(2)9-15(19)16(11(3)4)13-5-6-14(18)12-7-8-20-17(12)13/h5-9,20H,3H2,1-2,4H3/b16-15-. The van der Waals surface area contributed by atoms with Crippen LogP contribution in [0.25, 0.3) is 16.5 Å². The van der Waals surface area contributed by atoms with Crippen molar-refractivity contribution in [1.82, 2.24) is 4.98 Å². The van der Waals surface area contributed by atoms with Crippen molar-refractivity contribution in [1.29, 1.82) is 0 Å². The van der Waals surface area contributed by atoms with Crippen LogP contribution >= 0.6 is 27.5 Å². The second kappa shape index (κ2) is 6.02. The maximum absolute atomic E-state index is 6.50. The number of hydrogen-bond acceptors (Lipinski definition) is 0. The molecule has 0 radical (unpaired) electrons. The quantitative estimate of drug-likeness (QED) is 0.614. The first-order valence-electron chi connectivity index (χ1n) is 6.38. The number of nitrogens with one attached hydrogen (secondary N) is 1. The van der Waals surface area contributed by atoms with Crippen molar-refractivity contribution < 1.29 is 0 Å². The number of aromatic amines is 1. The minimum absolute atomic E-state index is 0.718. The Kier molecular flexibility index (Phi) is 4.56. The zero-order valence-corrected chi connectivity index (χ0v) is 14.2. The molecule has 0 fully saturated rings. The Morgan fingerprint density at radius 2 is 1.95 bits per heavy atom. The highest BCUT2D eigenvalue weighted by atomic mass is 79.9. The summed E-state index contributed by atoms with van der Waals surface area (Å²) in [4.78, 5) is 3.29. The molecule has 0 amide bonds. The number of H-pyrrole nitrogens is 1. The number of benzene rings is 1. The molecule has 3 heteroatoms. The third-order valence-electron chi connectivity index (χ3n) is 3.02. The maximum atomic E-state index is 6.50. The lowest BCUT2D eigenvalue weighted by Gasteiger charge is -2.12. The van der Waals surface area contributed by atoms with Crippen LogP contribution < -0.4 is 0 Å². The summed E-state index contributed by atoms with van der Waals surface area (Å²) in [7, 11) is 0. The summed E-state index contributed by atoms with van der Waals surface area (Å²) in [6.07, 6.45) is 3.91. The van der Waals surface area contributed by atoms with E-state index in [0.717, 1.165) is 42.7 Å². The minimum atomic E-state index is 0.718. The molecule has 1 nitrogen and oxygen atoms in total. The molecule has 1 aromatic heterocycles. The van der Waals surface area contributed by atoms with Gasteiger partial charge in [-0.2, -0.15) is 0 Å². The number of fused-ring (bicyclic) bond motifs is 1. The van der Waals surface area contributed by atoms with E-state index in [9.17, 15) is 0 Å². The van der Waals surface area contributed by atoms with Crippen molar-refractivity contribution in [3.05, 3.63) is 63.3 Å². The van der Waals surface area contributed by atoms with Gasteiger partial charge in [0.15, 0.2) is 0 Å². The normalized spacial score (nSPS) is 12.2. The molecule has 0 aliphatic rings. The number of halogens is 2. The van der Waals surface area contributed by atoms with Gasteiger partial charge >= 0.3 is 0 Å². The van der Waals surface area contributed by atoms with Crippen LogP contribution in [0.3, 0.4) is 0 Å². The smallest absolute Gasteiger partial charge is 0.0545 e. The molecule has 2 aromatic rings. The van der Waals surface area contributed by atoms with E-state index in [0.29, 0.717) is 0 Å². The SMILES string of the molecule is C=C(C)/C(=C(/Cl)C=C(C)C)c1ccc(Br)c2cc[nH]c12. The molecule has 1 N–H and O–H groups in total. The summed E-state index contributed by atoms with van der Waals surface area (Å²) in [5.74, 6) is 0. The third-order valence-corrected chi connectivity index (χ3v) is 4.01. The number of aromatic nitrogens is 1. The van der Waals surface area contributed by atoms with Crippen molar-refractivity contribution in [3.63, 3.8) is 0 Å². The van der Waals surface area contributed by atoms with Crippen LogP contribution in [0.15, 0.2) is 57.7 Å². The van der Waals surface area contributed by atoms with Crippen molar-refractivity contribution in [2.75, 3.05) is 0 Å². The van der Waals surface area contributed by atoms with E-state index in [4.69, 9.17) is 11.6 Å². The van der Waals surface area contributed by atoms with Gasteiger partial charge in [0, 0.05) is 32.2 Å². The molecular formula is C17H17BrClN. The Bertz CT molecular complexity index is 731. The van der Waals surface area contributed by atoms with Gasteiger partial charge in [-0.15, -0.1) is 0 Å². The summed E-state index contributed by atoms with van der Waals surface area (Å²) < 4.78 is 1.07. The van der Waals surface area contributed by atoms with E-state index in [1.165, 1.54) is 0 Å². The Labute approximate surface area is 133 Å². The molecule has 1 aromatic carbocycles. The molecule has 0 aliphatic heterocycles. The lowest BCUT2D eigenvalue weighted by Crippen LogP contribution is -1.91. The first-order chi connectivity index (χ1) is 9.41. The molecule has 0 atom stereocenters. The summed E-state index contributed by atoms with van der Waals surface area (Å²) in [6.45, 7) is 10.1. The van der Waals surface area contributed by atoms with Gasteiger partial charge in [-0.05, 0) is 44.6 Å². The average Bonchev–Trinajstić information content (AvgIpc) is 2.81. The van der Waals surface area contributed by atoms with Gasteiger partial charge in [0.25, 0.3) is 0 Å². The fourth-order valence-electron chi connectivity index (χ4n) is 2.22. The molecular weight excluding hydrogens is 334 g/mol. The summed E-state index contributed by atoms with van der Waals surface area (Å²) >= 11 is 10.1. The zero-order valence-electron chi connectivity index (χ0n) is 11.8. The van der Waals surface area contributed by atoms with Gasteiger partial charge in [-0.1, -0.05) is 45.7 Å². The molecule has 0 unspecified atom stereocenters. The average molecular weight is 351 g/mol. The second-order valence-corrected chi connectivity index (χ2v) is 6.35. The van der Waals surface area contributed by atoms with Crippen LogP contribution in [0.2, 0.25) is 0 Å². The minimum Gasteiger partial charge on any atom is -0.361 e. The van der Waals surface area contributed by atoms with Gasteiger partial charge in [-0.3, -0.25) is 0 Å². The van der Waals surface area contributed by atoms with Gasteiger partial charge in [0.2, 0.25) is 0 Å². The second-order valence-electron chi connectivity index (χ2n) is 5.09. The fraction of sp³-hybridized carbons (Fsp3) is 0.176. The van der Waals surface area contributed by atoms with Gasteiger partial charge in [0.1, 0.15) is 0 Å². The fourth-order valence-corrected chi connectivity index (χ4v) is 3.16. The highest BCUT2D eigenvalue weighted by molar-refractivity contribution is 9.10. The Morgan fingerprint density at radius 3 is 2.55 bits per heavy atom. The van der Waals surface area contributed by atoms with E-state index in [2.05, 4.69) is 33.6 Å². The van der Waals surface area contributed by atoms with Crippen LogP contribution in [0.4, 0.5) is 0 Å². The highest BCUT2D eigenvalue weighted by Crippen LogP contribution is 2.35. The number of allylic oxidation sites excluding steroid dienone is 5. The van der Waals surface area contributed by atoms with Crippen molar-refractivity contribution in [3.8, 4) is 0 Å². The molecule has 1 heterocycles. The first-order valence-corrected chi connectivity index (χ1v) is 7.55.